The summed E-state index contributed by atoms with van der Waals surface area (Å²) >= 11 is 1.78. The number of piperazine rings is 1. The van der Waals surface area contributed by atoms with Crippen molar-refractivity contribution in [3.05, 3.63) is 106 Å². The van der Waals surface area contributed by atoms with Gasteiger partial charge in [0.25, 0.3) is 0 Å². The molecule has 224 valence electrons. The van der Waals surface area contributed by atoms with Gasteiger partial charge >= 0.3 is 5.97 Å². The Morgan fingerprint density at radius 3 is 2.58 bits per heavy atom. The number of hydrogen-bond acceptors (Lipinski definition) is 6. The van der Waals surface area contributed by atoms with E-state index in [0.29, 0.717) is 13.3 Å². The lowest BCUT2D eigenvalue weighted by molar-refractivity contribution is -0.944. The quantitative estimate of drug-likeness (QED) is 0.140. The summed E-state index contributed by atoms with van der Waals surface area (Å²) in [5, 5.41) is 4.44. The predicted octanol–water partition coefficient (Wildman–Crippen LogP) is 2.99. The van der Waals surface area contributed by atoms with Crippen molar-refractivity contribution in [3.63, 3.8) is 0 Å². The SMILES string of the molecule is O=C(Cc1ccccc1)OC[N+]1(CCCCOc2ccc3ccc(=O)[nH]c3c2)CCN(c2cccc3sccc23)CC1.[Cl-]. The van der Waals surface area contributed by atoms with Gasteiger partial charge in [0.2, 0.25) is 12.3 Å². The molecule has 3 heterocycles. The molecule has 9 heteroatoms. The molecule has 1 saturated heterocycles. The lowest BCUT2D eigenvalue weighted by Gasteiger charge is -2.45. The van der Waals surface area contributed by atoms with Crippen LogP contribution in [0.15, 0.2) is 95.1 Å². The fourth-order valence-electron chi connectivity index (χ4n) is 5.78. The van der Waals surface area contributed by atoms with Crippen LogP contribution in [0.1, 0.15) is 18.4 Å². The zero-order valence-corrected chi connectivity index (χ0v) is 25.6. The van der Waals surface area contributed by atoms with Crippen LogP contribution in [0, 0.1) is 0 Å². The van der Waals surface area contributed by atoms with Gasteiger partial charge in [0.15, 0.2) is 0 Å². The van der Waals surface area contributed by atoms with Crippen LogP contribution in [0.3, 0.4) is 0 Å². The molecule has 0 unspecified atom stereocenters. The second kappa shape index (κ2) is 14.1. The highest BCUT2D eigenvalue weighted by atomic mass is 35.5. The number of carbonyl (C=O) groups excluding carboxylic acids is 1. The number of benzene rings is 3. The van der Waals surface area contributed by atoms with Crippen molar-refractivity contribution in [1.82, 2.24) is 4.98 Å². The van der Waals surface area contributed by atoms with Crippen molar-refractivity contribution in [3.8, 4) is 5.75 Å². The van der Waals surface area contributed by atoms with Crippen LogP contribution in [0.2, 0.25) is 0 Å². The molecule has 0 aliphatic carbocycles. The van der Waals surface area contributed by atoms with E-state index in [2.05, 4.69) is 39.5 Å². The van der Waals surface area contributed by atoms with Crippen LogP contribution in [0.4, 0.5) is 5.69 Å². The van der Waals surface area contributed by atoms with Crippen LogP contribution in [0.25, 0.3) is 21.0 Å². The molecule has 5 aromatic rings. The van der Waals surface area contributed by atoms with Crippen molar-refractivity contribution in [2.45, 2.75) is 19.3 Å². The first-order valence-corrected chi connectivity index (χ1v) is 15.5. The first-order chi connectivity index (χ1) is 20.6. The minimum atomic E-state index is -0.179. The van der Waals surface area contributed by atoms with Crippen LogP contribution in [-0.4, -0.2) is 61.5 Å². The maximum Gasteiger partial charge on any atom is 0.314 e. The Labute approximate surface area is 261 Å². The second-order valence-corrected chi connectivity index (χ2v) is 12.0. The molecule has 0 spiro atoms. The summed E-state index contributed by atoms with van der Waals surface area (Å²) in [5.74, 6) is 0.571. The number of thiophene rings is 1. The highest BCUT2D eigenvalue weighted by molar-refractivity contribution is 7.17. The Hall–Kier alpha value is -3.85. The van der Waals surface area contributed by atoms with E-state index in [9.17, 15) is 9.59 Å². The molecule has 0 radical (unpaired) electrons. The number of ether oxygens (including phenoxy) is 2. The summed E-state index contributed by atoms with van der Waals surface area (Å²) in [4.78, 5) is 29.8. The van der Waals surface area contributed by atoms with Gasteiger partial charge in [-0.3, -0.25) is 14.1 Å². The number of nitrogens with one attached hydrogen (secondary N) is 1. The number of esters is 1. The number of aromatic nitrogens is 1. The minimum Gasteiger partial charge on any atom is -1.00 e. The minimum absolute atomic E-state index is 0. The first-order valence-electron chi connectivity index (χ1n) is 14.6. The molecule has 1 aliphatic rings. The molecule has 0 amide bonds. The molecular weight excluding hydrogens is 582 g/mol. The van der Waals surface area contributed by atoms with Crippen molar-refractivity contribution in [2.24, 2.45) is 0 Å². The van der Waals surface area contributed by atoms with E-state index < -0.39 is 0 Å². The number of aromatic amines is 1. The maximum absolute atomic E-state index is 12.8. The number of anilines is 1. The molecule has 1 aliphatic heterocycles. The van der Waals surface area contributed by atoms with E-state index in [4.69, 9.17) is 9.47 Å². The summed E-state index contributed by atoms with van der Waals surface area (Å²) < 4.78 is 14.0. The molecule has 2 aromatic heterocycles. The zero-order valence-electron chi connectivity index (χ0n) is 24.0. The Kier molecular flexibility index (Phi) is 10.0. The smallest absolute Gasteiger partial charge is 0.314 e. The van der Waals surface area contributed by atoms with Crippen LogP contribution >= 0.6 is 11.3 Å². The number of unbranched alkanes of at least 4 members (excludes halogenated alkanes) is 1. The predicted molar refractivity (Wildman–Crippen MR) is 169 cm³/mol. The van der Waals surface area contributed by atoms with E-state index in [-0.39, 0.29) is 30.4 Å². The topological polar surface area (TPSA) is 71.6 Å². The summed E-state index contributed by atoms with van der Waals surface area (Å²) in [7, 11) is 0. The van der Waals surface area contributed by atoms with Gasteiger partial charge in [-0.05, 0) is 65.6 Å². The largest absolute Gasteiger partial charge is 1.00 e. The molecule has 0 saturated carbocycles. The Morgan fingerprint density at radius 1 is 0.930 bits per heavy atom. The van der Waals surface area contributed by atoms with E-state index in [1.165, 1.54) is 21.8 Å². The number of fused-ring (bicyclic) bond motifs is 2. The van der Waals surface area contributed by atoms with Gasteiger partial charge in [-0.2, -0.15) is 0 Å². The van der Waals surface area contributed by atoms with Crippen molar-refractivity contribution in [1.29, 1.82) is 0 Å². The Balaban J connectivity index is 0.00000368. The molecule has 7 nitrogen and oxygen atoms in total. The number of carbonyl (C=O) groups is 1. The van der Waals surface area contributed by atoms with Gasteiger partial charge < -0.3 is 31.8 Å². The van der Waals surface area contributed by atoms with E-state index in [1.807, 2.05) is 54.6 Å². The van der Waals surface area contributed by atoms with E-state index >= 15 is 0 Å². The normalized spacial score (nSPS) is 14.4. The van der Waals surface area contributed by atoms with Gasteiger partial charge in [-0.1, -0.05) is 36.4 Å². The number of nitrogens with zero attached hydrogens (tertiary/aromatic N) is 2. The summed E-state index contributed by atoms with van der Waals surface area (Å²) in [5.41, 5.74) is 2.92. The maximum atomic E-state index is 12.8. The van der Waals surface area contributed by atoms with Gasteiger partial charge in [-0.15, -0.1) is 11.3 Å². The first kappa shape index (κ1) is 30.6. The highest BCUT2D eigenvalue weighted by Crippen LogP contribution is 2.32. The summed E-state index contributed by atoms with van der Waals surface area (Å²) in [6, 6.07) is 27.6. The number of pyridine rings is 1. The molecular formula is C34H36ClN3O4S. The number of hydrogen-bond donors (Lipinski definition) is 1. The van der Waals surface area contributed by atoms with Gasteiger partial charge in [0.05, 0.1) is 51.3 Å². The zero-order chi connectivity index (χ0) is 28.8. The molecule has 1 N–H and O–H groups in total. The average Bonchev–Trinajstić information content (AvgIpc) is 3.50. The lowest BCUT2D eigenvalue weighted by atomic mass is 10.1. The molecule has 1 fully saturated rings. The highest BCUT2D eigenvalue weighted by Gasteiger charge is 2.34. The molecule has 43 heavy (non-hydrogen) atoms. The van der Waals surface area contributed by atoms with Crippen LogP contribution < -0.4 is 27.6 Å². The van der Waals surface area contributed by atoms with Crippen molar-refractivity contribution >= 4 is 44.0 Å². The fourth-order valence-corrected chi connectivity index (χ4v) is 6.59. The van der Waals surface area contributed by atoms with Gasteiger partial charge in [-0.25, -0.2) is 0 Å². The Morgan fingerprint density at radius 2 is 1.74 bits per heavy atom. The summed E-state index contributed by atoms with van der Waals surface area (Å²) in [6.07, 6.45) is 2.14. The van der Waals surface area contributed by atoms with Crippen molar-refractivity contribution < 1.29 is 31.2 Å². The molecule has 6 rings (SSSR count). The average molecular weight is 618 g/mol. The van der Waals surface area contributed by atoms with Crippen LogP contribution in [-0.2, 0) is 16.0 Å². The summed E-state index contributed by atoms with van der Waals surface area (Å²) in [6.45, 7) is 5.55. The van der Waals surface area contributed by atoms with Crippen LogP contribution in [0.5, 0.6) is 5.75 Å². The van der Waals surface area contributed by atoms with E-state index in [1.54, 1.807) is 11.3 Å². The van der Waals surface area contributed by atoms with Gasteiger partial charge in [0.1, 0.15) is 5.75 Å². The Bertz CT molecular complexity index is 1710. The third-order valence-electron chi connectivity index (χ3n) is 8.19. The number of H-pyrrole nitrogens is 1. The van der Waals surface area contributed by atoms with Gasteiger partial charge in [0, 0.05) is 27.9 Å². The number of quaternary nitrogens is 1. The van der Waals surface area contributed by atoms with Crippen molar-refractivity contribution in [2.75, 3.05) is 51.0 Å². The fraction of sp³-hybridized carbons (Fsp3) is 0.294. The van der Waals surface area contributed by atoms with E-state index in [0.717, 1.165) is 72.3 Å². The molecule has 0 atom stereocenters. The number of halogens is 1. The second-order valence-electron chi connectivity index (χ2n) is 11.0. The lowest BCUT2D eigenvalue weighted by Crippen LogP contribution is -3.00. The standard InChI is InChI=1S/C34H35N3O4S.ClH/c38-33-14-12-27-11-13-28(24-30(27)35-33)40-21-5-4-18-37(25-41-34(39)23-26-7-2-1-3-8-26)19-16-36(17-20-37)31-9-6-10-32-29(31)15-22-42-32;/h1-3,6-15,22,24H,4-5,16-21,23,25H2;1H. The molecule has 0 bridgehead atoms. The number of rotatable bonds is 11. The molecule has 3 aromatic carbocycles. The monoisotopic (exact) mass is 617 g/mol. The third-order valence-corrected chi connectivity index (χ3v) is 9.07. The third kappa shape index (κ3) is 7.57.